The second kappa shape index (κ2) is 5.83. The molecule has 0 unspecified atom stereocenters. The lowest BCUT2D eigenvalue weighted by Crippen LogP contribution is -2.13. The summed E-state index contributed by atoms with van der Waals surface area (Å²) in [6.45, 7) is 1.90. The molecule has 18 heavy (non-hydrogen) atoms. The van der Waals surface area contributed by atoms with Crippen LogP contribution in [0.1, 0.15) is 37.5 Å². The molecule has 0 spiro atoms. The first kappa shape index (κ1) is 12.8. The highest BCUT2D eigenvalue weighted by molar-refractivity contribution is 5.77. The van der Waals surface area contributed by atoms with Gasteiger partial charge in [0.05, 0.1) is 5.39 Å². The minimum atomic E-state index is -0.221. The van der Waals surface area contributed by atoms with Crippen molar-refractivity contribution < 1.29 is 9.52 Å². The predicted octanol–water partition coefficient (Wildman–Crippen LogP) is 3.02. The summed E-state index contributed by atoms with van der Waals surface area (Å²) in [6.07, 6.45) is 3.81. The fraction of sp³-hybridized carbons (Fsp3) is 0.400. The second-order valence-corrected chi connectivity index (χ2v) is 4.44. The van der Waals surface area contributed by atoms with Gasteiger partial charge in [-0.1, -0.05) is 31.9 Å². The molecule has 0 saturated heterocycles. The quantitative estimate of drug-likeness (QED) is 0.825. The molecule has 3 heteroatoms. The number of hydrogen-bond donors (Lipinski definition) is 1. The molecule has 96 valence electrons. The van der Waals surface area contributed by atoms with Gasteiger partial charge in [-0.25, -0.2) is 0 Å². The fourth-order valence-corrected chi connectivity index (χ4v) is 2.16. The Hall–Kier alpha value is -1.61. The summed E-state index contributed by atoms with van der Waals surface area (Å²) in [7, 11) is 0. The molecule has 0 atom stereocenters. The minimum absolute atomic E-state index is 0.00277. The average molecular weight is 246 g/mol. The third-order valence-corrected chi connectivity index (χ3v) is 3.15. The van der Waals surface area contributed by atoms with Crippen LogP contribution >= 0.6 is 0 Å². The van der Waals surface area contributed by atoms with E-state index < -0.39 is 0 Å². The van der Waals surface area contributed by atoms with E-state index in [1.807, 2.05) is 12.1 Å². The summed E-state index contributed by atoms with van der Waals surface area (Å²) in [5, 5.41) is 9.92. The highest BCUT2D eigenvalue weighted by Gasteiger charge is 2.12. The number of para-hydroxylation sites is 1. The normalized spacial score (nSPS) is 11.0. The van der Waals surface area contributed by atoms with Gasteiger partial charge in [0.1, 0.15) is 18.0 Å². The molecule has 1 heterocycles. The largest absolute Gasteiger partial charge is 0.458 e. The number of hydrogen-bond acceptors (Lipinski definition) is 3. The molecular formula is C15H18O3. The molecule has 0 aliphatic heterocycles. The summed E-state index contributed by atoms with van der Waals surface area (Å²) in [4.78, 5) is 12.3. The van der Waals surface area contributed by atoms with Crippen LogP contribution in [0.4, 0.5) is 0 Å². The molecule has 1 N–H and O–H groups in total. The smallest absolute Gasteiger partial charge is 0.196 e. The Kier molecular flexibility index (Phi) is 4.15. The van der Waals surface area contributed by atoms with E-state index in [1.165, 1.54) is 0 Å². The highest BCUT2D eigenvalue weighted by atomic mass is 16.4. The zero-order chi connectivity index (χ0) is 13.0. The van der Waals surface area contributed by atoms with Crippen LogP contribution in [-0.4, -0.2) is 5.11 Å². The van der Waals surface area contributed by atoms with Gasteiger partial charge in [-0.05, 0) is 25.0 Å². The van der Waals surface area contributed by atoms with Gasteiger partial charge in [-0.3, -0.25) is 4.79 Å². The van der Waals surface area contributed by atoms with Crippen molar-refractivity contribution in [1.82, 2.24) is 0 Å². The van der Waals surface area contributed by atoms with Gasteiger partial charge < -0.3 is 9.52 Å². The number of benzene rings is 1. The topological polar surface area (TPSA) is 50.4 Å². The van der Waals surface area contributed by atoms with E-state index >= 15 is 0 Å². The molecule has 0 amide bonds. The molecule has 0 saturated carbocycles. The van der Waals surface area contributed by atoms with Crippen molar-refractivity contribution in [2.45, 2.75) is 39.2 Å². The van der Waals surface area contributed by atoms with Gasteiger partial charge in [0.25, 0.3) is 0 Å². The van der Waals surface area contributed by atoms with Crippen LogP contribution in [0.3, 0.4) is 0 Å². The molecule has 1 aromatic carbocycles. The lowest BCUT2D eigenvalue weighted by molar-refractivity contribution is 0.246. The molecule has 1 aromatic heterocycles. The van der Waals surface area contributed by atoms with Crippen LogP contribution in [0.25, 0.3) is 11.0 Å². The molecule has 0 bridgehead atoms. The molecule has 0 aliphatic carbocycles. The number of unbranched alkanes of at least 4 members (excludes halogenated alkanes) is 2. The Balaban J connectivity index is 2.49. The van der Waals surface area contributed by atoms with Crippen LogP contribution in [-0.2, 0) is 13.0 Å². The summed E-state index contributed by atoms with van der Waals surface area (Å²) in [6, 6.07) is 7.17. The lowest BCUT2D eigenvalue weighted by Gasteiger charge is -2.07. The maximum Gasteiger partial charge on any atom is 0.196 e. The zero-order valence-electron chi connectivity index (χ0n) is 10.6. The average Bonchev–Trinajstić information content (AvgIpc) is 2.41. The highest BCUT2D eigenvalue weighted by Crippen LogP contribution is 2.17. The molecule has 3 nitrogen and oxygen atoms in total. The van der Waals surface area contributed by atoms with Gasteiger partial charge in [-0.15, -0.1) is 0 Å². The van der Waals surface area contributed by atoms with Crippen molar-refractivity contribution in [3.8, 4) is 0 Å². The van der Waals surface area contributed by atoms with E-state index in [4.69, 9.17) is 4.42 Å². The number of fused-ring (bicyclic) bond motifs is 1. The van der Waals surface area contributed by atoms with E-state index in [-0.39, 0.29) is 12.0 Å². The van der Waals surface area contributed by atoms with E-state index in [0.29, 0.717) is 28.7 Å². The Morgan fingerprint density at radius 3 is 2.72 bits per heavy atom. The zero-order valence-corrected chi connectivity index (χ0v) is 10.6. The van der Waals surface area contributed by atoms with E-state index in [0.717, 1.165) is 19.3 Å². The maximum atomic E-state index is 12.3. The third-order valence-electron chi connectivity index (χ3n) is 3.15. The number of aliphatic hydroxyl groups excluding tert-OH is 1. The Morgan fingerprint density at radius 1 is 1.22 bits per heavy atom. The van der Waals surface area contributed by atoms with E-state index in [9.17, 15) is 9.90 Å². The van der Waals surface area contributed by atoms with Crippen LogP contribution < -0.4 is 5.43 Å². The van der Waals surface area contributed by atoms with Gasteiger partial charge >= 0.3 is 0 Å². The standard InChI is InChI=1S/C15H18O3/c1-2-3-4-7-12-14(10-16)18-13-9-6-5-8-11(13)15(12)17/h5-6,8-9,16H,2-4,7,10H2,1H3. The van der Waals surface area contributed by atoms with Crippen LogP contribution in [0.2, 0.25) is 0 Å². The van der Waals surface area contributed by atoms with Crippen molar-refractivity contribution in [3.63, 3.8) is 0 Å². The molecule has 2 rings (SSSR count). The first-order valence-corrected chi connectivity index (χ1v) is 6.42. The first-order valence-electron chi connectivity index (χ1n) is 6.42. The van der Waals surface area contributed by atoms with Crippen molar-refractivity contribution >= 4 is 11.0 Å². The van der Waals surface area contributed by atoms with E-state index in [1.54, 1.807) is 12.1 Å². The summed E-state index contributed by atoms with van der Waals surface area (Å²) in [5.74, 6) is 0.412. The number of aliphatic hydroxyl groups is 1. The van der Waals surface area contributed by atoms with Crippen molar-refractivity contribution in [2.75, 3.05) is 0 Å². The molecular weight excluding hydrogens is 228 g/mol. The van der Waals surface area contributed by atoms with Crippen LogP contribution in [0, 0.1) is 0 Å². The maximum absolute atomic E-state index is 12.3. The molecule has 0 fully saturated rings. The fourth-order valence-electron chi connectivity index (χ4n) is 2.16. The van der Waals surface area contributed by atoms with Crippen molar-refractivity contribution in [2.24, 2.45) is 0 Å². The first-order chi connectivity index (χ1) is 8.77. The Bertz CT molecular complexity index is 584. The van der Waals surface area contributed by atoms with Gasteiger partial charge in [0, 0.05) is 5.56 Å². The van der Waals surface area contributed by atoms with Gasteiger partial charge in [0.15, 0.2) is 5.43 Å². The number of rotatable bonds is 5. The minimum Gasteiger partial charge on any atom is -0.458 e. The lowest BCUT2D eigenvalue weighted by atomic mass is 10.0. The van der Waals surface area contributed by atoms with Gasteiger partial charge in [0.2, 0.25) is 0 Å². The Morgan fingerprint density at radius 2 is 2.00 bits per heavy atom. The van der Waals surface area contributed by atoms with Crippen molar-refractivity contribution in [1.29, 1.82) is 0 Å². The third kappa shape index (κ3) is 2.46. The Labute approximate surface area is 106 Å². The van der Waals surface area contributed by atoms with Crippen LogP contribution in [0.5, 0.6) is 0 Å². The second-order valence-electron chi connectivity index (χ2n) is 4.44. The summed E-state index contributed by atoms with van der Waals surface area (Å²) >= 11 is 0. The predicted molar refractivity (Wildman–Crippen MR) is 71.6 cm³/mol. The molecule has 2 aromatic rings. The summed E-state index contributed by atoms with van der Waals surface area (Å²) in [5.41, 5.74) is 1.17. The summed E-state index contributed by atoms with van der Waals surface area (Å²) < 4.78 is 5.60. The van der Waals surface area contributed by atoms with Crippen molar-refractivity contribution in [3.05, 3.63) is 45.8 Å². The van der Waals surface area contributed by atoms with Crippen LogP contribution in [0.15, 0.2) is 33.5 Å². The molecule has 0 radical (unpaired) electrons. The SMILES string of the molecule is CCCCCc1c(CO)oc2ccccc2c1=O. The monoisotopic (exact) mass is 246 g/mol. The van der Waals surface area contributed by atoms with E-state index in [2.05, 4.69) is 6.92 Å². The molecule has 0 aliphatic rings. The van der Waals surface area contributed by atoms with Gasteiger partial charge in [-0.2, -0.15) is 0 Å².